The monoisotopic (exact) mass is 252 g/mol. The van der Waals surface area contributed by atoms with Crippen molar-refractivity contribution in [2.75, 3.05) is 0 Å². The maximum atomic E-state index is 6.42. The molecule has 1 aromatic heterocycles. The van der Waals surface area contributed by atoms with Gasteiger partial charge < -0.3 is 5.73 Å². The quantitative estimate of drug-likeness (QED) is 0.777. The molecule has 1 aliphatic rings. The van der Waals surface area contributed by atoms with Crippen LogP contribution in [0, 0.1) is 0 Å². The van der Waals surface area contributed by atoms with Crippen LogP contribution < -0.4 is 5.73 Å². The van der Waals surface area contributed by atoms with Gasteiger partial charge in [0.2, 0.25) is 0 Å². The Balaban J connectivity index is 1.87. The fourth-order valence-corrected chi connectivity index (χ4v) is 3.63. The molecule has 0 aromatic carbocycles. The molecule has 3 heteroatoms. The van der Waals surface area contributed by atoms with Crippen molar-refractivity contribution in [2.45, 2.75) is 70.3 Å². The molecule has 0 spiro atoms. The Morgan fingerprint density at radius 3 is 2.76 bits per heavy atom. The van der Waals surface area contributed by atoms with Crippen LogP contribution in [0.25, 0.3) is 0 Å². The van der Waals surface area contributed by atoms with E-state index < -0.39 is 0 Å². The number of hydrogen-bond donors (Lipinski definition) is 1. The maximum absolute atomic E-state index is 6.42. The first-order valence-electron chi connectivity index (χ1n) is 6.98. The molecular weight excluding hydrogens is 228 g/mol. The summed E-state index contributed by atoms with van der Waals surface area (Å²) in [6.07, 6.45) is 11.2. The van der Waals surface area contributed by atoms with Crippen molar-refractivity contribution in [3.63, 3.8) is 0 Å². The van der Waals surface area contributed by atoms with Gasteiger partial charge in [0.25, 0.3) is 0 Å². The van der Waals surface area contributed by atoms with Gasteiger partial charge in [0, 0.05) is 5.38 Å². The first kappa shape index (κ1) is 13.0. The van der Waals surface area contributed by atoms with Crippen LogP contribution in [0.4, 0.5) is 0 Å². The summed E-state index contributed by atoms with van der Waals surface area (Å²) in [6, 6.07) is 0. The summed E-state index contributed by atoms with van der Waals surface area (Å²) < 4.78 is 0. The van der Waals surface area contributed by atoms with E-state index in [0.717, 1.165) is 19.3 Å². The molecule has 0 radical (unpaired) electrons. The van der Waals surface area contributed by atoms with E-state index in [1.165, 1.54) is 49.2 Å². The third-order valence-electron chi connectivity index (χ3n) is 3.76. The van der Waals surface area contributed by atoms with Crippen LogP contribution in [-0.2, 0) is 12.0 Å². The molecule has 0 saturated heterocycles. The lowest BCUT2D eigenvalue weighted by Gasteiger charge is -2.19. The average molecular weight is 252 g/mol. The normalized spacial score (nSPS) is 18.7. The molecule has 1 heterocycles. The Morgan fingerprint density at radius 1 is 1.29 bits per heavy atom. The fraction of sp³-hybridized carbons (Fsp3) is 0.786. The molecule has 1 aromatic rings. The van der Waals surface area contributed by atoms with E-state index in [9.17, 15) is 0 Å². The van der Waals surface area contributed by atoms with Crippen molar-refractivity contribution in [2.24, 2.45) is 5.73 Å². The third kappa shape index (κ3) is 3.29. The molecule has 1 aliphatic carbocycles. The predicted molar refractivity (Wildman–Crippen MR) is 74.3 cm³/mol. The maximum Gasteiger partial charge on any atom is 0.113 e. The zero-order valence-corrected chi connectivity index (χ0v) is 11.7. The summed E-state index contributed by atoms with van der Waals surface area (Å²) in [4.78, 5) is 4.76. The molecule has 2 nitrogen and oxygen atoms in total. The molecule has 96 valence electrons. The second kappa shape index (κ2) is 5.96. The summed E-state index contributed by atoms with van der Waals surface area (Å²) in [5, 5.41) is 3.40. The van der Waals surface area contributed by atoms with Gasteiger partial charge in [0.05, 0.1) is 11.2 Å². The van der Waals surface area contributed by atoms with Gasteiger partial charge in [-0.25, -0.2) is 4.98 Å². The highest BCUT2D eigenvalue weighted by Crippen LogP contribution is 2.37. The molecular formula is C14H24N2S. The molecule has 2 rings (SSSR count). The van der Waals surface area contributed by atoms with E-state index in [2.05, 4.69) is 12.3 Å². The number of hydrogen-bond acceptors (Lipinski definition) is 3. The molecule has 0 aliphatic heterocycles. The van der Waals surface area contributed by atoms with Crippen molar-refractivity contribution in [3.8, 4) is 0 Å². The second-order valence-electron chi connectivity index (χ2n) is 5.32. The minimum Gasteiger partial charge on any atom is -0.319 e. The lowest BCUT2D eigenvalue weighted by Crippen LogP contribution is -2.32. The predicted octanol–water partition coefficient (Wildman–Crippen LogP) is 3.99. The smallest absolute Gasteiger partial charge is 0.113 e. The Labute approximate surface area is 109 Å². The van der Waals surface area contributed by atoms with Crippen molar-refractivity contribution in [3.05, 3.63) is 16.1 Å². The van der Waals surface area contributed by atoms with Gasteiger partial charge in [0.15, 0.2) is 0 Å². The van der Waals surface area contributed by atoms with Gasteiger partial charge in [-0.2, -0.15) is 0 Å². The van der Waals surface area contributed by atoms with Crippen LogP contribution in [0.15, 0.2) is 5.38 Å². The van der Waals surface area contributed by atoms with E-state index >= 15 is 0 Å². The fourth-order valence-electron chi connectivity index (χ4n) is 2.60. The summed E-state index contributed by atoms with van der Waals surface area (Å²) in [7, 11) is 0. The number of thiazole rings is 1. The van der Waals surface area contributed by atoms with Crippen LogP contribution in [0.1, 0.15) is 69.0 Å². The molecule has 0 amide bonds. The van der Waals surface area contributed by atoms with Crippen LogP contribution in [0.2, 0.25) is 0 Å². The first-order valence-corrected chi connectivity index (χ1v) is 7.86. The van der Waals surface area contributed by atoms with E-state index in [0.29, 0.717) is 0 Å². The lowest BCUT2D eigenvalue weighted by molar-refractivity contribution is 0.457. The number of aromatic nitrogens is 1. The van der Waals surface area contributed by atoms with E-state index in [-0.39, 0.29) is 5.54 Å². The van der Waals surface area contributed by atoms with Crippen molar-refractivity contribution >= 4 is 11.3 Å². The number of rotatable bonds is 6. The van der Waals surface area contributed by atoms with Crippen LogP contribution in [0.3, 0.4) is 0 Å². The Bertz CT molecular complexity index is 340. The van der Waals surface area contributed by atoms with Gasteiger partial charge in [0.1, 0.15) is 5.01 Å². The van der Waals surface area contributed by atoms with Crippen LogP contribution in [0.5, 0.6) is 0 Å². The zero-order valence-electron chi connectivity index (χ0n) is 10.9. The Morgan fingerprint density at radius 2 is 2.06 bits per heavy atom. The van der Waals surface area contributed by atoms with Gasteiger partial charge in [-0.15, -0.1) is 11.3 Å². The second-order valence-corrected chi connectivity index (χ2v) is 6.18. The largest absolute Gasteiger partial charge is 0.319 e. The number of nitrogens with zero attached hydrogens (tertiary/aromatic N) is 1. The van der Waals surface area contributed by atoms with Crippen LogP contribution in [-0.4, -0.2) is 4.98 Å². The van der Waals surface area contributed by atoms with E-state index in [1.54, 1.807) is 11.3 Å². The molecule has 1 saturated carbocycles. The molecule has 0 bridgehead atoms. The SMILES string of the molecule is CCCCCCc1csc(C2(N)CCCC2)n1. The molecule has 1 fully saturated rings. The van der Waals surface area contributed by atoms with Gasteiger partial charge in [-0.3, -0.25) is 0 Å². The number of unbranched alkanes of at least 4 members (excludes halogenated alkanes) is 3. The molecule has 17 heavy (non-hydrogen) atoms. The zero-order chi connectivity index (χ0) is 12.1. The third-order valence-corrected chi connectivity index (χ3v) is 4.87. The highest BCUT2D eigenvalue weighted by Gasteiger charge is 2.33. The highest BCUT2D eigenvalue weighted by atomic mass is 32.1. The van der Waals surface area contributed by atoms with Gasteiger partial charge in [-0.1, -0.05) is 39.0 Å². The summed E-state index contributed by atoms with van der Waals surface area (Å²) >= 11 is 1.77. The van der Waals surface area contributed by atoms with E-state index in [1.807, 2.05) is 0 Å². The van der Waals surface area contributed by atoms with Gasteiger partial charge in [-0.05, 0) is 25.7 Å². The highest BCUT2D eigenvalue weighted by molar-refractivity contribution is 7.09. The molecule has 0 atom stereocenters. The first-order chi connectivity index (χ1) is 8.24. The summed E-state index contributed by atoms with van der Waals surface area (Å²) in [5.74, 6) is 0. The van der Waals surface area contributed by atoms with Crippen LogP contribution >= 0.6 is 11.3 Å². The Hall–Kier alpha value is -0.410. The number of nitrogens with two attached hydrogens (primary N) is 1. The Kier molecular flexibility index (Phi) is 4.57. The average Bonchev–Trinajstić information content (AvgIpc) is 2.94. The molecule has 2 N–H and O–H groups in total. The number of aryl methyl sites for hydroxylation is 1. The minimum atomic E-state index is -0.0909. The van der Waals surface area contributed by atoms with Gasteiger partial charge >= 0.3 is 0 Å². The lowest BCUT2D eigenvalue weighted by atomic mass is 10.0. The summed E-state index contributed by atoms with van der Waals surface area (Å²) in [6.45, 7) is 2.25. The minimum absolute atomic E-state index is 0.0909. The summed E-state index contributed by atoms with van der Waals surface area (Å²) in [5.41, 5.74) is 7.59. The topological polar surface area (TPSA) is 38.9 Å². The van der Waals surface area contributed by atoms with E-state index in [4.69, 9.17) is 10.7 Å². The molecule has 0 unspecified atom stereocenters. The van der Waals surface area contributed by atoms with Crippen molar-refractivity contribution < 1.29 is 0 Å². The van der Waals surface area contributed by atoms with Crippen molar-refractivity contribution in [1.82, 2.24) is 4.98 Å². The van der Waals surface area contributed by atoms with Crippen molar-refractivity contribution in [1.29, 1.82) is 0 Å². The standard InChI is InChI=1S/C14H24N2S/c1-2-3-4-5-8-12-11-17-13(16-12)14(15)9-6-7-10-14/h11H,2-10,15H2,1H3.